The quantitative estimate of drug-likeness (QED) is 0.561. The Kier molecular flexibility index (Phi) is 5.71. The van der Waals surface area contributed by atoms with Crippen LogP contribution >= 0.6 is 0 Å². The van der Waals surface area contributed by atoms with Crippen molar-refractivity contribution in [2.75, 3.05) is 26.2 Å². The molecule has 3 heterocycles. The highest BCUT2D eigenvalue weighted by molar-refractivity contribution is 6.00. The Morgan fingerprint density at radius 3 is 2.66 bits per heavy atom. The largest absolute Gasteiger partial charge is 0.391 e. The molecule has 3 N–H and O–H groups in total. The zero-order chi connectivity index (χ0) is 21.4. The van der Waals surface area contributed by atoms with Gasteiger partial charge in [0.05, 0.1) is 19.2 Å². The van der Waals surface area contributed by atoms with Gasteiger partial charge < -0.3 is 25.5 Å². The molecular formula is C20H31N5O4. The minimum Gasteiger partial charge on any atom is -0.391 e. The maximum Gasteiger partial charge on any atom is 0.318 e. The van der Waals surface area contributed by atoms with Crippen LogP contribution in [0.3, 0.4) is 0 Å². The van der Waals surface area contributed by atoms with E-state index in [9.17, 15) is 19.5 Å². The molecule has 0 radical (unpaired) electrons. The Balaban J connectivity index is 1.67. The second-order valence-corrected chi connectivity index (χ2v) is 9.12. The van der Waals surface area contributed by atoms with Gasteiger partial charge in [-0.2, -0.15) is 0 Å². The number of aliphatic hydroxyl groups is 1. The topological polar surface area (TPSA) is 114 Å². The van der Waals surface area contributed by atoms with Crippen LogP contribution in [0.15, 0.2) is 16.6 Å². The van der Waals surface area contributed by atoms with E-state index in [2.05, 4.69) is 15.6 Å². The molecule has 3 aliphatic rings. The van der Waals surface area contributed by atoms with Crippen LogP contribution in [-0.4, -0.2) is 88.4 Å². The molecule has 0 saturated carbocycles. The van der Waals surface area contributed by atoms with Crippen LogP contribution in [0, 0.1) is 0 Å². The standard InChI is InChI=1S/C20H31N5O4/c1-13(26)15(16(27)22-11-14-6-8-21-10-14)24-12-20(17(24)28)7-5-9-25(20)18(29)23-19(2,3)4/h6,8,13,15,26H,5,7,9-12H2,1-4H3,(H,22,27)(H,23,29)/t13-,15+,20?/m1/s1. The maximum absolute atomic E-state index is 13.2. The minimum absolute atomic E-state index is 0.248. The summed E-state index contributed by atoms with van der Waals surface area (Å²) in [4.78, 5) is 45.6. The molecule has 160 valence electrons. The molecule has 9 heteroatoms. The van der Waals surface area contributed by atoms with Crippen molar-refractivity contribution in [1.82, 2.24) is 20.4 Å². The van der Waals surface area contributed by atoms with E-state index in [-0.39, 0.29) is 18.5 Å². The van der Waals surface area contributed by atoms with E-state index < -0.39 is 29.1 Å². The summed E-state index contributed by atoms with van der Waals surface area (Å²) in [7, 11) is 0. The lowest BCUT2D eigenvalue weighted by Crippen LogP contribution is -2.78. The first-order valence-electron chi connectivity index (χ1n) is 10.1. The number of urea groups is 1. The van der Waals surface area contributed by atoms with Crippen LogP contribution < -0.4 is 10.6 Å². The van der Waals surface area contributed by atoms with Crippen LogP contribution in [0.5, 0.6) is 0 Å². The van der Waals surface area contributed by atoms with E-state index in [1.165, 1.54) is 11.8 Å². The van der Waals surface area contributed by atoms with Crippen molar-refractivity contribution in [2.24, 2.45) is 4.99 Å². The van der Waals surface area contributed by atoms with Gasteiger partial charge in [-0.15, -0.1) is 0 Å². The summed E-state index contributed by atoms with van der Waals surface area (Å²) >= 11 is 0. The Bertz CT molecular complexity index is 754. The summed E-state index contributed by atoms with van der Waals surface area (Å²) in [6.07, 6.45) is 3.80. The molecule has 3 rings (SSSR count). The van der Waals surface area contributed by atoms with Crippen molar-refractivity contribution >= 4 is 24.1 Å². The van der Waals surface area contributed by atoms with Crippen LogP contribution in [0.4, 0.5) is 4.79 Å². The molecule has 9 nitrogen and oxygen atoms in total. The second-order valence-electron chi connectivity index (χ2n) is 9.12. The smallest absolute Gasteiger partial charge is 0.318 e. The van der Waals surface area contributed by atoms with E-state index >= 15 is 0 Å². The predicted octanol–water partition coefficient (Wildman–Crippen LogP) is 0.0477. The molecule has 0 aliphatic carbocycles. The van der Waals surface area contributed by atoms with Crippen LogP contribution in [0.2, 0.25) is 0 Å². The lowest BCUT2D eigenvalue weighted by atomic mass is 9.83. The maximum atomic E-state index is 13.2. The van der Waals surface area contributed by atoms with Gasteiger partial charge in [-0.25, -0.2) is 4.79 Å². The first kappa shape index (κ1) is 21.3. The second kappa shape index (κ2) is 7.78. The molecule has 0 aromatic carbocycles. The highest BCUT2D eigenvalue weighted by Crippen LogP contribution is 2.40. The summed E-state index contributed by atoms with van der Waals surface area (Å²) in [5.41, 5.74) is -0.353. The lowest BCUT2D eigenvalue weighted by Gasteiger charge is -2.53. The molecule has 0 aromatic heterocycles. The van der Waals surface area contributed by atoms with E-state index in [4.69, 9.17) is 0 Å². The van der Waals surface area contributed by atoms with Gasteiger partial charge in [-0.1, -0.05) is 0 Å². The number of β-lactam (4-membered cyclic amide) rings is 1. The summed E-state index contributed by atoms with van der Waals surface area (Å²) in [5, 5.41) is 15.9. The van der Waals surface area contributed by atoms with Crippen molar-refractivity contribution in [2.45, 2.75) is 63.8 Å². The molecule has 3 atom stereocenters. The summed E-state index contributed by atoms with van der Waals surface area (Å²) < 4.78 is 0. The van der Waals surface area contributed by atoms with Gasteiger partial charge in [0.15, 0.2) is 0 Å². The normalized spacial score (nSPS) is 25.7. The first-order valence-corrected chi connectivity index (χ1v) is 10.1. The van der Waals surface area contributed by atoms with Gasteiger partial charge in [-0.3, -0.25) is 14.6 Å². The van der Waals surface area contributed by atoms with E-state index in [1.54, 1.807) is 11.1 Å². The molecule has 29 heavy (non-hydrogen) atoms. The van der Waals surface area contributed by atoms with Crippen molar-refractivity contribution in [3.05, 3.63) is 11.6 Å². The molecule has 3 aliphatic heterocycles. The van der Waals surface area contributed by atoms with Crippen molar-refractivity contribution in [3.63, 3.8) is 0 Å². The van der Waals surface area contributed by atoms with Crippen molar-refractivity contribution in [3.8, 4) is 0 Å². The van der Waals surface area contributed by atoms with Gasteiger partial charge in [-0.05, 0) is 52.2 Å². The molecule has 1 unspecified atom stereocenters. The summed E-state index contributed by atoms with van der Waals surface area (Å²) in [5.74, 6) is -0.678. The Morgan fingerprint density at radius 2 is 2.10 bits per heavy atom. The van der Waals surface area contributed by atoms with Gasteiger partial charge in [0, 0.05) is 24.8 Å². The first-order chi connectivity index (χ1) is 13.5. The fraction of sp³-hybridized carbons (Fsp3) is 0.700. The number of nitrogens with zero attached hydrogens (tertiary/aromatic N) is 3. The lowest BCUT2D eigenvalue weighted by molar-refractivity contribution is -0.170. The van der Waals surface area contributed by atoms with Crippen LogP contribution in [0.1, 0.15) is 40.5 Å². The van der Waals surface area contributed by atoms with E-state index in [0.29, 0.717) is 26.1 Å². The molecule has 0 aromatic rings. The fourth-order valence-electron chi connectivity index (χ4n) is 4.19. The monoisotopic (exact) mass is 405 g/mol. The third kappa shape index (κ3) is 4.14. The van der Waals surface area contributed by atoms with Gasteiger partial charge in [0.1, 0.15) is 11.6 Å². The fourth-order valence-corrected chi connectivity index (χ4v) is 4.19. The number of likely N-dealkylation sites (tertiary alicyclic amines) is 2. The number of carbonyl (C=O) groups excluding carboxylic acids is 3. The number of allylic oxidation sites excluding steroid dienone is 1. The van der Waals surface area contributed by atoms with Gasteiger partial charge in [0.25, 0.3) is 5.91 Å². The molecule has 2 fully saturated rings. The number of aliphatic hydroxyl groups excluding tert-OH is 1. The Morgan fingerprint density at radius 1 is 1.38 bits per heavy atom. The van der Waals surface area contributed by atoms with Crippen LogP contribution in [-0.2, 0) is 9.59 Å². The highest BCUT2D eigenvalue weighted by atomic mass is 16.3. The highest BCUT2D eigenvalue weighted by Gasteiger charge is 2.62. The average molecular weight is 405 g/mol. The summed E-state index contributed by atoms with van der Waals surface area (Å²) in [6, 6.07) is -1.25. The van der Waals surface area contributed by atoms with Gasteiger partial charge in [0.2, 0.25) is 5.91 Å². The molecule has 0 bridgehead atoms. The number of amides is 4. The van der Waals surface area contributed by atoms with Crippen molar-refractivity contribution in [1.29, 1.82) is 0 Å². The summed E-state index contributed by atoms with van der Waals surface area (Å²) in [6.45, 7) is 8.79. The molecular weight excluding hydrogens is 374 g/mol. The number of carbonyl (C=O) groups is 3. The predicted molar refractivity (Wildman–Crippen MR) is 109 cm³/mol. The molecule has 4 amide bonds. The number of hydrogen-bond acceptors (Lipinski definition) is 5. The van der Waals surface area contributed by atoms with E-state index in [1.807, 2.05) is 26.8 Å². The van der Waals surface area contributed by atoms with Gasteiger partial charge >= 0.3 is 6.03 Å². The number of aliphatic imine (C=N–C) groups is 1. The Labute approximate surface area is 171 Å². The molecule has 1 spiro atoms. The third-order valence-electron chi connectivity index (χ3n) is 5.57. The zero-order valence-corrected chi connectivity index (χ0v) is 17.6. The zero-order valence-electron chi connectivity index (χ0n) is 17.6. The van der Waals surface area contributed by atoms with Crippen molar-refractivity contribution < 1.29 is 19.5 Å². The Hall–Kier alpha value is -2.42. The minimum atomic E-state index is -1.02. The number of nitrogens with one attached hydrogen (secondary N) is 2. The molecule has 2 saturated heterocycles. The number of hydrogen-bond donors (Lipinski definition) is 3. The number of rotatable bonds is 5. The average Bonchev–Trinajstić information content (AvgIpc) is 3.28. The van der Waals surface area contributed by atoms with E-state index in [0.717, 1.165) is 12.0 Å². The SMILES string of the molecule is C[C@@H](O)[C@@H](C(=O)NCC1=CC=NC1)N1CC2(CCCN2C(=O)NC(C)(C)C)C1=O. The third-order valence-corrected chi connectivity index (χ3v) is 5.57. The van der Waals surface area contributed by atoms with Crippen LogP contribution in [0.25, 0.3) is 0 Å².